The molecule has 1 aliphatic heterocycles. The molecule has 1 fully saturated rings. The number of hydrogen-bond acceptors (Lipinski definition) is 4. The molecule has 5 heteroatoms. The smallest absolute Gasteiger partial charge is 0.119 e. The van der Waals surface area contributed by atoms with Gasteiger partial charge in [-0.15, -0.1) is 0 Å². The molecule has 2 aromatic rings. The molecule has 1 saturated heterocycles. The lowest BCUT2D eigenvalue weighted by Gasteiger charge is -2.24. The van der Waals surface area contributed by atoms with Gasteiger partial charge in [-0.25, -0.2) is 0 Å². The van der Waals surface area contributed by atoms with E-state index in [9.17, 15) is 5.11 Å². The highest BCUT2D eigenvalue weighted by Gasteiger charge is 2.19. The van der Waals surface area contributed by atoms with Gasteiger partial charge in [0.1, 0.15) is 11.9 Å². The lowest BCUT2D eigenvalue weighted by molar-refractivity contribution is 0.0255. The number of nitrogens with two attached hydrogens (primary N) is 1. The molecule has 128 valence electrons. The van der Waals surface area contributed by atoms with Gasteiger partial charge in [-0.1, -0.05) is 35.9 Å². The summed E-state index contributed by atoms with van der Waals surface area (Å²) in [4.78, 5) is 0. The summed E-state index contributed by atoms with van der Waals surface area (Å²) in [6.45, 7) is 1.49. The van der Waals surface area contributed by atoms with Gasteiger partial charge in [0.15, 0.2) is 0 Å². The molecular weight excluding hydrogens is 326 g/mol. The van der Waals surface area contributed by atoms with Crippen molar-refractivity contribution < 1.29 is 14.6 Å². The van der Waals surface area contributed by atoms with Crippen molar-refractivity contribution in [3.63, 3.8) is 0 Å². The number of rotatable bonds is 5. The number of halogens is 1. The second kappa shape index (κ2) is 7.99. The molecular formula is C19H22ClNO3. The van der Waals surface area contributed by atoms with E-state index in [4.69, 9.17) is 26.8 Å². The molecule has 24 heavy (non-hydrogen) atoms. The SMILES string of the molecule is N[C@@H](c1ccc(Cl)cc1)[C@H](O)c1ccc(OC2CCOCC2)cc1. The van der Waals surface area contributed by atoms with E-state index in [1.807, 2.05) is 36.4 Å². The van der Waals surface area contributed by atoms with Gasteiger partial charge in [-0.05, 0) is 35.4 Å². The fourth-order valence-electron chi connectivity index (χ4n) is 2.80. The van der Waals surface area contributed by atoms with Crippen LogP contribution in [0.1, 0.15) is 36.1 Å². The summed E-state index contributed by atoms with van der Waals surface area (Å²) in [6.07, 6.45) is 1.23. The molecule has 0 aliphatic carbocycles. The highest BCUT2D eigenvalue weighted by molar-refractivity contribution is 6.30. The molecule has 0 unspecified atom stereocenters. The zero-order chi connectivity index (χ0) is 16.9. The molecule has 0 aromatic heterocycles. The third-order valence-corrected chi connectivity index (χ3v) is 4.54. The van der Waals surface area contributed by atoms with Gasteiger partial charge in [-0.2, -0.15) is 0 Å². The van der Waals surface area contributed by atoms with Crippen LogP contribution in [-0.4, -0.2) is 24.4 Å². The van der Waals surface area contributed by atoms with Crippen LogP contribution in [0.2, 0.25) is 5.02 Å². The largest absolute Gasteiger partial charge is 0.490 e. The van der Waals surface area contributed by atoms with Gasteiger partial charge < -0.3 is 20.3 Å². The molecule has 1 aliphatic rings. The second-order valence-corrected chi connectivity index (χ2v) is 6.46. The molecule has 0 saturated carbocycles. The number of ether oxygens (including phenoxy) is 2. The Morgan fingerprint density at radius 2 is 1.58 bits per heavy atom. The summed E-state index contributed by atoms with van der Waals surface area (Å²) in [5.41, 5.74) is 7.77. The first-order chi connectivity index (χ1) is 11.6. The average molecular weight is 348 g/mol. The van der Waals surface area contributed by atoms with Crippen LogP contribution >= 0.6 is 11.6 Å². The summed E-state index contributed by atoms with van der Waals surface area (Å²) in [5, 5.41) is 11.2. The monoisotopic (exact) mass is 347 g/mol. The Kier molecular flexibility index (Phi) is 5.74. The molecule has 0 amide bonds. The molecule has 3 N–H and O–H groups in total. The van der Waals surface area contributed by atoms with Gasteiger partial charge >= 0.3 is 0 Å². The molecule has 2 atom stereocenters. The van der Waals surface area contributed by atoms with Crippen LogP contribution in [-0.2, 0) is 4.74 Å². The minimum atomic E-state index is -0.789. The van der Waals surface area contributed by atoms with E-state index in [1.54, 1.807) is 12.1 Å². The van der Waals surface area contributed by atoms with Crippen LogP contribution in [0.4, 0.5) is 0 Å². The Bertz CT molecular complexity index is 639. The Balaban J connectivity index is 1.64. The molecule has 3 rings (SSSR count). The minimum Gasteiger partial charge on any atom is -0.490 e. The van der Waals surface area contributed by atoms with Crippen molar-refractivity contribution >= 4 is 11.6 Å². The van der Waals surface area contributed by atoms with Crippen molar-refractivity contribution in [2.75, 3.05) is 13.2 Å². The summed E-state index contributed by atoms with van der Waals surface area (Å²) in [5.74, 6) is 0.804. The van der Waals surface area contributed by atoms with Crippen LogP contribution in [0, 0.1) is 0 Å². The second-order valence-electron chi connectivity index (χ2n) is 6.02. The summed E-state index contributed by atoms with van der Waals surface area (Å²) in [6, 6.07) is 14.2. The quantitative estimate of drug-likeness (QED) is 0.866. The average Bonchev–Trinajstić information content (AvgIpc) is 2.63. The van der Waals surface area contributed by atoms with Crippen molar-refractivity contribution in [1.82, 2.24) is 0 Å². The Hall–Kier alpha value is -1.59. The molecule has 4 nitrogen and oxygen atoms in total. The van der Waals surface area contributed by atoms with E-state index in [1.165, 1.54) is 0 Å². The molecule has 2 aromatic carbocycles. The number of hydrogen-bond donors (Lipinski definition) is 2. The normalized spacial score (nSPS) is 18.1. The molecule has 0 bridgehead atoms. The fraction of sp³-hybridized carbons (Fsp3) is 0.368. The van der Waals surface area contributed by atoms with Crippen LogP contribution in [0.3, 0.4) is 0 Å². The third-order valence-electron chi connectivity index (χ3n) is 4.29. The zero-order valence-corrected chi connectivity index (χ0v) is 14.2. The van der Waals surface area contributed by atoms with Crippen molar-refractivity contribution in [1.29, 1.82) is 0 Å². The standard InChI is InChI=1S/C19H22ClNO3/c20-15-5-1-13(2-6-15)18(21)19(22)14-3-7-16(8-4-14)24-17-9-11-23-12-10-17/h1-8,17-19,22H,9-12,21H2/t18-,19+/m0/s1. The molecule has 0 radical (unpaired) electrons. The predicted octanol–water partition coefficient (Wildman–Crippen LogP) is 3.63. The van der Waals surface area contributed by atoms with Gasteiger partial charge in [0, 0.05) is 17.9 Å². The topological polar surface area (TPSA) is 64.7 Å². The number of benzene rings is 2. The van der Waals surface area contributed by atoms with Gasteiger partial charge in [0.25, 0.3) is 0 Å². The Morgan fingerprint density at radius 1 is 1.00 bits per heavy atom. The maximum Gasteiger partial charge on any atom is 0.119 e. The lowest BCUT2D eigenvalue weighted by atomic mass is 9.96. The van der Waals surface area contributed by atoms with E-state index in [2.05, 4.69) is 0 Å². The lowest BCUT2D eigenvalue weighted by Crippen LogP contribution is -2.25. The van der Waals surface area contributed by atoms with Gasteiger partial charge in [-0.3, -0.25) is 0 Å². The van der Waals surface area contributed by atoms with Crippen LogP contribution in [0.5, 0.6) is 5.75 Å². The maximum absolute atomic E-state index is 10.5. The zero-order valence-electron chi connectivity index (χ0n) is 13.4. The van der Waals surface area contributed by atoms with Gasteiger partial charge in [0.2, 0.25) is 0 Å². The Morgan fingerprint density at radius 3 is 2.21 bits per heavy atom. The molecule has 0 spiro atoms. The fourth-order valence-corrected chi connectivity index (χ4v) is 2.93. The van der Waals surface area contributed by atoms with Crippen LogP contribution in [0.25, 0.3) is 0 Å². The number of aliphatic hydroxyl groups excluding tert-OH is 1. The predicted molar refractivity (Wildman–Crippen MR) is 94.3 cm³/mol. The van der Waals surface area contributed by atoms with E-state index in [0.717, 1.165) is 42.9 Å². The first-order valence-electron chi connectivity index (χ1n) is 8.17. The third kappa shape index (κ3) is 4.28. The Labute approximate surface area is 147 Å². The van der Waals surface area contributed by atoms with Crippen LogP contribution in [0.15, 0.2) is 48.5 Å². The first-order valence-corrected chi connectivity index (χ1v) is 8.55. The van der Waals surface area contributed by atoms with Crippen molar-refractivity contribution in [2.45, 2.75) is 31.1 Å². The van der Waals surface area contributed by atoms with Crippen LogP contribution < -0.4 is 10.5 Å². The summed E-state index contributed by atoms with van der Waals surface area (Å²) < 4.78 is 11.3. The highest BCUT2D eigenvalue weighted by atomic mass is 35.5. The van der Waals surface area contributed by atoms with E-state index in [-0.39, 0.29) is 6.10 Å². The highest BCUT2D eigenvalue weighted by Crippen LogP contribution is 2.29. The number of aliphatic hydroxyl groups is 1. The van der Waals surface area contributed by atoms with E-state index in [0.29, 0.717) is 5.02 Å². The summed E-state index contributed by atoms with van der Waals surface area (Å²) >= 11 is 5.89. The van der Waals surface area contributed by atoms with E-state index >= 15 is 0 Å². The first kappa shape index (κ1) is 17.2. The van der Waals surface area contributed by atoms with Gasteiger partial charge in [0.05, 0.1) is 25.4 Å². The summed E-state index contributed by atoms with van der Waals surface area (Å²) in [7, 11) is 0. The maximum atomic E-state index is 10.5. The molecule has 1 heterocycles. The minimum absolute atomic E-state index is 0.200. The van der Waals surface area contributed by atoms with Crippen molar-refractivity contribution in [3.05, 3.63) is 64.7 Å². The van der Waals surface area contributed by atoms with Crippen molar-refractivity contribution in [3.8, 4) is 5.75 Å². The van der Waals surface area contributed by atoms with Crippen molar-refractivity contribution in [2.24, 2.45) is 5.73 Å². The van der Waals surface area contributed by atoms with E-state index < -0.39 is 12.1 Å².